The number of hydrogen-bond acceptors (Lipinski definition) is 5. The van der Waals surface area contributed by atoms with Crippen LogP contribution in [0.5, 0.6) is 0 Å². The van der Waals surface area contributed by atoms with Crippen LogP contribution in [0.1, 0.15) is 43.2 Å². The Kier molecular flexibility index (Phi) is 4.45. The third-order valence-corrected chi connectivity index (χ3v) is 5.75. The molecule has 4 nitrogen and oxygen atoms in total. The average Bonchev–Trinajstić information content (AvgIpc) is 3.33. The van der Waals surface area contributed by atoms with Crippen LogP contribution in [-0.4, -0.2) is 28.1 Å². The molecular weight excluding hydrogens is 318 g/mol. The summed E-state index contributed by atoms with van der Waals surface area (Å²) < 4.78 is 5.52. The fourth-order valence-electron chi connectivity index (χ4n) is 3.41. The van der Waals surface area contributed by atoms with Crippen molar-refractivity contribution in [2.45, 2.75) is 31.7 Å². The molecule has 0 N–H and O–H groups in total. The maximum absolute atomic E-state index is 5.52. The molecule has 4 rings (SSSR count). The highest BCUT2D eigenvalue weighted by Crippen LogP contribution is 2.32. The molecule has 1 aliphatic rings. The van der Waals surface area contributed by atoms with Crippen molar-refractivity contribution in [1.29, 1.82) is 0 Å². The van der Waals surface area contributed by atoms with Crippen LogP contribution in [0.15, 0.2) is 52.4 Å². The van der Waals surface area contributed by atoms with Crippen LogP contribution in [0.4, 0.5) is 0 Å². The maximum atomic E-state index is 5.52. The Morgan fingerprint density at radius 2 is 1.92 bits per heavy atom. The third kappa shape index (κ3) is 3.14. The van der Waals surface area contributed by atoms with Gasteiger partial charge in [-0.15, -0.1) is 11.3 Å². The normalized spacial score (nSPS) is 17.9. The topological polar surface area (TPSA) is 42.2 Å². The fraction of sp³-hybridized carbons (Fsp3) is 0.368. The summed E-state index contributed by atoms with van der Waals surface area (Å²) in [4.78, 5) is 8.10. The van der Waals surface area contributed by atoms with Gasteiger partial charge in [0.25, 0.3) is 0 Å². The van der Waals surface area contributed by atoms with E-state index in [1.807, 2.05) is 17.5 Å². The first-order valence-corrected chi connectivity index (χ1v) is 9.35. The van der Waals surface area contributed by atoms with Crippen LogP contribution < -0.4 is 0 Å². The first-order chi connectivity index (χ1) is 11.8. The third-order valence-electron chi connectivity index (χ3n) is 4.89. The summed E-state index contributed by atoms with van der Waals surface area (Å²) >= 11 is 1.64. The number of piperidine rings is 1. The van der Waals surface area contributed by atoms with Crippen LogP contribution in [-0.2, 0) is 0 Å². The Hall–Kier alpha value is -1.98. The molecule has 0 radical (unpaired) electrons. The average molecular weight is 339 g/mol. The summed E-state index contributed by atoms with van der Waals surface area (Å²) in [5.74, 6) is 2.08. The summed E-state index contributed by atoms with van der Waals surface area (Å²) in [7, 11) is 0. The number of rotatable bonds is 4. The van der Waals surface area contributed by atoms with Gasteiger partial charge in [0.15, 0.2) is 0 Å². The van der Waals surface area contributed by atoms with Crippen molar-refractivity contribution in [3.8, 4) is 10.7 Å². The molecule has 0 aliphatic carbocycles. The van der Waals surface area contributed by atoms with Crippen molar-refractivity contribution >= 4 is 11.3 Å². The van der Waals surface area contributed by atoms with Crippen LogP contribution in [0.25, 0.3) is 10.7 Å². The van der Waals surface area contributed by atoms with Gasteiger partial charge in [0.05, 0.1) is 10.9 Å². The Morgan fingerprint density at radius 3 is 2.62 bits per heavy atom. The monoisotopic (exact) mass is 339 g/mol. The quantitative estimate of drug-likeness (QED) is 0.688. The number of aromatic nitrogens is 2. The van der Waals surface area contributed by atoms with E-state index in [4.69, 9.17) is 4.52 Å². The van der Waals surface area contributed by atoms with E-state index in [9.17, 15) is 0 Å². The predicted octanol–water partition coefficient (Wildman–Crippen LogP) is 4.74. The summed E-state index contributed by atoms with van der Waals surface area (Å²) in [6.07, 6.45) is 2.36. The number of nitrogens with zero attached hydrogens (tertiary/aromatic N) is 3. The molecule has 0 amide bonds. The highest BCUT2D eigenvalue weighted by molar-refractivity contribution is 7.13. The number of thiophene rings is 1. The van der Waals surface area contributed by atoms with Gasteiger partial charge in [0.1, 0.15) is 0 Å². The molecular formula is C19H21N3OS. The van der Waals surface area contributed by atoms with Crippen molar-refractivity contribution < 1.29 is 4.52 Å². The second kappa shape index (κ2) is 6.87. The molecule has 1 unspecified atom stereocenters. The number of benzene rings is 1. The number of likely N-dealkylation sites (tertiary alicyclic amines) is 1. The van der Waals surface area contributed by atoms with Gasteiger partial charge in [0.2, 0.25) is 11.7 Å². The van der Waals surface area contributed by atoms with Crippen LogP contribution in [0, 0.1) is 0 Å². The van der Waals surface area contributed by atoms with Crippen molar-refractivity contribution in [3.63, 3.8) is 0 Å². The Morgan fingerprint density at radius 1 is 1.12 bits per heavy atom. The summed E-state index contributed by atoms with van der Waals surface area (Å²) in [5, 5.41) is 6.17. The largest absolute Gasteiger partial charge is 0.337 e. The van der Waals surface area contributed by atoms with E-state index < -0.39 is 0 Å². The van der Waals surface area contributed by atoms with Crippen molar-refractivity contribution in [1.82, 2.24) is 15.0 Å². The molecule has 1 saturated heterocycles. The first kappa shape index (κ1) is 15.5. The lowest BCUT2D eigenvalue weighted by Gasteiger charge is -2.34. The van der Waals surface area contributed by atoms with Gasteiger partial charge in [-0.2, -0.15) is 4.98 Å². The molecule has 24 heavy (non-hydrogen) atoms. The standard InChI is InChI=1S/C19H21N3OS/c1-14(19-20-18(21-23-19)17-8-5-13-24-17)22-11-9-16(10-12-22)15-6-3-2-4-7-15/h2-8,13-14,16H,9-12H2,1H3. The van der Waals surface area contributed by atoms with E-state index in [1.165, 1.54) is 18.4 Å². The number of hydrogen-bond donors (Lipinski definition) is 0. The molecule has 0 spiro atoms. The van der Waals surface area contributed by atoms with Crippen molar-refractivity contribution in [3.05, 3.63) is 59.3 Å². The Balaban J connectivity index is 1.40. The van der Waals surface area contributed by atoms with E-state index >= 15 is 0 Å². The molecule has 0 saturated carbocycles. The van der Waals surface area contributed by atoms with Gasteiger partial charge in [0, 0.05) is 0 Å². The summed E-state index contributed by atoms with van der Waals surface area (Å²) in [5.41, 5.74) is 1.46. The summed E-state index contributed by atoms with van der Waals surface area (Å²) in [6, 6.07) is 15.0. The molecule has 1 atom stereocenters. The van der Waals surface area contributed by atoms with E-state index in [0.717, 1.165) is 23.9 Å². The van der Waals surface area contributed by atoms with Crippen molar-refractivity contribution in [2.75, 3.05) is 13.1 Å². The zero-order valence-electron chi connectivity index (χ0n) is 13.8. The molecule has 1 aliphatic heterocycles. The zero-order chi connectivity index (χ0) is 16.4. The maximum Gasteiger partial charge on any atom is 0.244 e. The highest BCUT2D eigenvalue weighted by Gasteiger charge is 2.27. The zero-order valence-corrected chi connectivity index (χ0v) is 14.6. The SMILES string of the molecule is CC(c1nc(-c2cccs2)no1)N1CCC(c2ccccc2)CC1. The molecule has 2 aromatic heterocycles. The smallest absolute Gasteiger partial charge is 0.244 e. The first-order valence-electron chi connectivity index (χ1n) is 8.48. The highest BCUT2D eigenvalue weighted by atomic mass is 32.1. The molecule has 3 aromatic rings. The lowest BCUT2D eigenvalue weighted by Crippen LogP contribution is -2.35. The molecule has 1 fully saturated rings. The van der Waals surface area contributed by atoms with Gasteiger partial charge >= 0.3 is 0 Å². The minimum Gasteiger partial charge on any atom is -0.337 e. The van der Waals surface area contributed by atoms with Crippen LogP contribution in [0.3, 0.4) is 0 Å². The Bertz CT molecular complexity index is 761. The van der Waals surface area contributed by atoms with Crippen LogP contribution in [0.2, 0.25) is 0 Å². The Labute approximate surface area is 146 Å². The minimum atomic E-state index is 0.169. The van der Waals surface area contributed by atoms with Gasteiger partial charge in [-0.3, -0.25) is 4.90 Å². The molecule has 1 aromatic carbocycles. The molecule has 124 valence electrons. The minimum absolute atomic E-state index is 0.169. The molecule has 0 bridgehead atoms. The van der Waals surface area contributed by atoms with Gasteiger partial charge in [-0.25, -0.2) is 0 Å². The second-order valence-corrected chi connectivity index (χ2v) is 7.28. The van der Waals surface area contributed by atoms with Crippen LogP contribution >= 0.6 is 11.3 Å². The van der Waals surface area contributed by atoms with E-state index in [2.05, 4.69) is 52.3 Å². The second-order valence-electron chi connectivity index (χ2n) is 6.33. The molecule has 5 heteroatoms. The van der Waals surface area contributed by atoms with Gasteiger partial charge in [-0.05, 0) is 55.8 Å². The van der Waals surface area contributed by atoms with E-state index in [0.29, 0.717) is 11.7 Å². The van der Waals surface area contributed by atoms with E-state index in [1.54, 1.807) is 11.3 Å². The van der Waals surface area contributed by atoms with E-state index in [-0.39, 0.29) is 6.04 Å². The lowest BCUT2D eigenvalue weighted by atomic mass is 9.89. The lowest BCUT2D eigenvalue weighted by molar-refractivity contribution is 0.136. The summed E-state index contributed by atoms with van der Waals surface area (Å²) in [6.45, 7) is 4.30. The molecule has 3 heterocycles. The van der Waals surface area contributed by atoms with Crippen molar-refractivity contribution in [2.24, 2.45) is 0 Å². The van der Waals surface area contributed by atoms with Gasteiger partial charge in [-0.1, -0.05) is 41.6 Å². The predicted molar refractivity (Wildman–Crippen MR) is 96.0 cm³/mol. The van der Waals surface area contributed by atoms with Gasteiger partial charge < -0.3 is 4.52 Å². The fourth-order valence-corrected chi connectivity index (χ4v) is 4.06.